The molecule has 0 atom stereocenters. The highest BCUT2D eigenvalue weighted by molar-refractivity contribution is 7.93. The van der Waals surface area contributed by atoms with Crippen molar-refractivity contribution in [2.75, 3.05) is 10.5 Å². The number of sulfone groups is 1. The Morgan fingerprint density at radius 2 is 1.52 bits per heavy atom. The van der Waals surface area contributed by atoms with Crippen LogP contribution in [-0.2, 0) is 25.6 Å². The van der Waals surface area contributed by atoms with Gasteiger partial charge in [-0.2, -0.15) is 0 Å². The molecular weight excluding hydrogens is 455 g/mol. The Morgan fingerprint density at radius 3 is 2.21 bits per heavy atom. The minimum atomic E-state index is -4.09. The van der Waals surface area contributed by atoms with E-state index in [9.17, 15) is 16.8 Å². The smallest absolute Gasteiger partial charge is 0.261 e. The van der Waals surface area contributed by atoms with Gasteiger partial charge in [-0.05, 0) is 54.1 Å². The second kappa shape index (κ2) is 8.23. The average Bonchev–Trinajstić information content (AvgIpc) is 2.61. The van der Waals surface area contributed by atoms with Crippen LogP contribution in [0, 0.1) is 0 Å². The molecule has 0 aliphatic rings. The second-order valence-electron chi connectivity index (χ2n) is 6.21. The van der Waals surface area contributed by atoms with Crippen molar-refractivity contribution >= 4 is 54.4 Å². The zero-order valence-electron chi connectivity index (χ0n) is 14.8. The molecule has 0 saturated carbocycles. The Morgan fingerprint density at radius 1 is 0.828 bits per heavy atom. The molecule has 0 fully saturated rings. The van der Waals surface area contributed by atoms with Gasteiger partial charge in [0.15, 0.2) is 9.84 Å². The maximum Gasteiger partial charge on any atom is 0.261 e. The minimum absolute atomic E-state index is 0.107. The summed E-state index contributed by atoms with van der Waals surface area (Å²) in [5.41, 5.74) is 6.46. The summed E-state index contributed by atoms with van der Waals surface area (Å²) in [4.78, 5) is -0.306. The van der Waals surface area contributed by atoms with Gasteiger partial charge in [-0.1, -0.05) is 41.4 Å². The van der Waals surface area contributed by atoms with Gasteiger partial charge in [0.2, 0.25) is 0 Å². The van der Waals surface area contributed by atoms with Crippen molar-refractivity contribution < 1.29 is 16.8 Å². The van der Waals surface area contributed by atoms with Crippen molar-refractivity contribution in [1.82, 2.24) is 0 Å². The molecule has 0 aliphatic heterocycles. The number of rotatable bonds is 6. The molecule has 0 saturated heterocycles. The number of nitrogen functional groups attached to an aromatic ring is 1. The predicted octanol–water partition coefficient (Wildman–Crippen LogP) is 4.35. The van der Waals surface area contributed by atoms with Crippen molar-refractivity contribution in [3.8, 4) is 0 Å². The van der Waals surface area contributed by atoms with Crippen LogP contribution in [0.3, 0.4) is 0 Å². The van der Waals surface area contributed by atoms with Crippen LogP contribution >= 0.6 is 23.2 Å². The zero-order valence-corrected chi connectivity index (χ0v) is 18.0. The largest absolute Gasteiger partial charge is 0.399 e. The SMILES string of the molecule is Nc1cccc(CS(=O)(=O)c2ccc(Cl)cc2NS(=O)(=O)c2cccc(Cl)c2)c1. The molecule has 3 aromatic rings. The lowest BCUT2D eigenvalue weighted by Crippen LogP contribution is -2.16. The molecule has 3 rings (SSSR count). The maximum absolute atomic E-state index is 13.0. The van der Waals surface area contributed by atoms with Gasteiger partial charge < -0.3 is 5.73 Å². The van der Waals surface area contributed by atoms with Crippen LogP contribution in [0.2, 0.25) is 10.0 Å². The summed E-state index contributed by atoms with van der Waals surface area (Å²) < 4.78 is 53.7. The van der Waals surface area contributed by atoms with Crippen LogP contribution in [0.15, 0.2) is 76.5 Å². The number of benzene rings is 3. The first-order chi connectivity index (χ1) is 13.6. The number of nitrogens with two attached hydrogens (primary N) is 1. The fourth-order valence-corrected chi connectivity index (χ4v) is 5.77. The van der Waals surface area contributed by atoms with Gasteiger partial charge in [-0.15, -0.1) is 0 Å². The van der Waals surface area contributed by atoms with Crippen molar-refractivity contribution in [2.45, 2.75) is 15.5 Å². The molecule has 0 aliphatic carbocycles. The molecule has 0 bridgehead atoms. The van der Waals surface area contributed by atoms with E-state index >= 15 is 0 Å². The molecule has 3 N–H and O–H groups in total. The maximum atomic E-state index is 13.0. The van der Waals surface area contributed by atoms with Crippen LogP contribution in [0.1, 0.15) is 5.56 Å². The van der Waals surface area contributed by atoms with Crippen molar-refractivity contribution in [3.63, 3.8) is 0 Å². The standard InChI is InChI=1S/C19H16Cl2N2O4S2/c20-14-4-2-6-17(10-14)29(26,27)23-18-11-15(21)7-8-19(18)28(24,25)12-13-3-1-5-16(22)9-13/h1-11,23H,12,22H2. The van der Waals surface area contributed by atoms with E-state index in [1.54, 1.807) is 24.3 Å². The normalized spacial score (nSPS) is 11.9. The van der Waals surface area contributed by atoms with Gasteiger partial charge in [0, 0.05) is 15.7 Å². The first-order valence-corrected chi connectivity index (χ1v) is 12.1. The number of sulfonamides is 1. The number of nitrogens with one attached hydrogen (secondary N) is 1. The number of halogens is 2. The van der Waals surface area contributed by atoms with E-state index in [4.69, 9.17) is 28.9 Å². The van der Waals surface area contributed by atoms with Crippen LogP contribution in [-0.4, -0.2) is 16.8 Å². The molecule has 0 amide bonds. The van der Waals surface area contributed by atoms with E-state index in [0.29, 0.717) is 11.3 Å². The molecule has 3 aromatic carbocycles. The predicted molar refractivity (Wildman–Crippen MR) is 115 cm³/mol. The molecule has 0 aromatic heterocycles. The topological polar surface area (TPSA) is 106 Å². The van der Waals surface area contributed by atoms with Gasteiger partial charge in [0.25, 0.3) is 10.0 Å². The first-order valence-electron chi connectivity index (χ1n) is 8.22. The summed E-state index contributed by atoms with van der Waals surface area (Å²) >= 11 is 11.8. The number of hydrogen-bond acceptors (Lipinski definition) is 5. The van der Waals surface area contributed by atoms with Crippen LogP contribution in [0.5, 0.6) is 0 Å². The molecule has 152 valence electrons. The van der Waals surface area contributed by atoms with Gasteiger partial charge in [0.1, 0.15) is 0 Å². The number of anilines is 2. The Kier molecular flexibility index (Phi) is 6.09. The molecule has 6 nitrogen and oxygen atoms in total. The van der Waals surface area contributed by atoms with Gasteiger partial charge >= 0.3 is 0 Å². The highest BCUT2D eigenvalue weighted by Gasteiger charge is 2.24. The van der Waals surface area contributed by atoms with Crippen LogP contribution in [0.4, 0.5) is 11.4 Å². The lowest BCUT2D eigenvalue weighted by molar-refractivity contribution is 0.595. The van der Waals surface area contributed by atoms with E-state index in [0.717, 1.165) is 0 Å². The lowest BCUT2D eigenvalue weighted by atomic mass is 10.2. The summed E-state index contributed by atoms with van der Waals surface area (Å²) in [7, 11) is -8.00. The van der Waals surface area contributed by atoms with Crippen molar-refractivity contribution in [1.29, 1.82) is 0 Å². The molecule has 0 radical (unpaired) electrons. The first kappa shape index (κ1) is 21.4. The monoisotopic (exact) mass is 470 g/mol. The third kappa shape index (κ3) is 5.22. The third-order valence-electron chi connectivity index (χ3n) is 3.94. The molecule has 0 heterocycles. The zero-order chi connectivity index (χ0) is 21.2. The van der Waals surface area contributed by atoms with E-state index in [2.05, 4.69) is 4.72 Å². The summed E-state index contributed by atoms with van der Waals surface area (Å²) in [6.45, 7) is 0. The Balaban J connectivity index is 2.02. The molecule has 0 spiro atoms. The highest BCUT2D eigenvalue weighted by Crippen LogP contribution is 2.30. The van der Waals surface area contributed by atoms with Gasteiger partial charge in [0.05, 0.1) is 21.2 Å². The van der Waals surface area contributed by atoms with E-state index in [-0.39, 0.29) is 31.3 Å². The van der Waals surface area contributed by atoms with Crippen molar-refractivity contribution in [3.05, 3.63) is 82.3 Å². The molecule has 10 heteroatoms. The van der Waals surface area contributed by atoms with E-state index < -0.39 is 19.9 Å². The summed E-state index contributed by atoms with van der Waals surface area (Å²) in [6.07, 6.45) is 0. The summed E-state index contributed by atoms with van der Waals surface area (Å²) in [5, 5.41) is 0.408. The number of hydrogen-bond donors (Lipinski definition) is 2. The van der Waals surface area contributed by atoms with E-state index in [1.807, 2.05) is 0 Å². The molecule has 0 unspecified atom stereocenters. The third-order valence-corrected chi connectivity index (χ3v) is 7.51. The van der Waals surface area contributed by atoms with Crippen LogP contribution < -0.4 is 10.5 Å². The molecule has 29 heavy (non-hydrogen) atoms. The van der Waals surface area contributed by atoms with Gasteiger partial charge in [-0.3, -0.25) is 4.72 Å². The molecular formula is C19H16Cl2N2O4S2. The summed E-state index contributed by atoms with van der Waals surface area (Å²) in [6, 6.07) is 16.0. The lowest BCUT2D eigenvalue weighted by Gasteiger charge is -2.14. The Bertz CT molecular complexity index is 1280. The van der Waals surface area contributed by atoms with Crippen LogP contribution in [0.25, 0.3) is 0 Å². The van der Waals surface area contributed by atoms with Crippen molar-refractivity contribution in [2.24, 2.45) is 0 Å². The fraction of sp³-hybridized carbons (Fsp3) is 0.0526. The fourth-order valence-electron chi connectivity index (χ4n) is 2.67. The minimum Gasteiger partial charge on any atom is -0.399 e. The summed E-state index contributed by atoms with van der Waals surface area (Å²) in [5.74, 6) is -0.356. The second-order valence-corrected chi connectivity index (χ2v) is 10.7. The van der Waals surface area contributed by atoms with E-state index in [1.165, 1.54) is 42.5 Å². The Hall–Kier alpha value is -2.26. The van der Waals surface area contributed by atoms with Gasteiger partial charge in [-0.25, -0.2) is 16.8 Å². The highest BCUT2D eigenvalue weighted by atomic mass is 35.5. The average molecular weight is 471 g/mol. The Labute approximate surface area is 179 Å². The quantitative estimate of drug-likeness (QED) is 0.520.